The molecule has 0 saturated carbocycles. The van der Waals surface area contributed by atoms with Crippen LogP contribution in [0.3, 0.4) is 0 Å². The summed E-state index contributed by atoms with van der Waals surface area (Å²) in [4.78, 5) is 5.03. The highest BCUT2D eigenvalue weighted by molar-refractivity contribution is 9.10. The molecule has 2 N–H and O–H groups in total. The summed E-state index contributed by atoms with van der Waals surface area (Å²) >= 11 is 3.56. The van der Waals surface area contributed by atoms with E-state index in [4.69, 9.17) is 19.2 Å². The largest absolute Gasteiger partial charge is 0.508 e. The summed E-state index contributed by atoms with van der Waals surface area (Å²) in [7, 11) is 1.65. The van der Waals surface area contributed by atoms with Crippen LogP contribution < -0.4 is 19.5 Å². The molecule has 0 spiro atoms. The van der Waals surface area contributed by atoms with Gasteiger partial charge in [0.1, 0.15) is 17.7 Å². The zero-order valence-corrected chi connectivity index (χ0v) is 18.4. The Bertz CT molecular complexity index is 1160. The van der Waals surface area contributed by atoms with Crippen LogP contribution in [-0.2, 0) is 0 Å². The highest BCUT2D eigenvalue weighted by Gasteiger charge is 2.30. The number of rotatable bonds is 4. The van der Waals surface area contributed by atoms with Crippen molar-refractivity contribution in [1.29, 1.82) is 0 Å². The topological polar surface area (TPSA) is 72.3 Å². The van der Waals surface area contributed by atoms with Gasteiger partial charge in [-0.25, -0.2) is 0 Å². The van der Waals surface area contributed by atoms with Gasteiger partial charge in [0, 0.05) is 33.8 Å². The quantitative estimate of drug-likeness (QED) is 0.542. The lowest BCUT2D eigenvalue weighted by Gasteiger charge is -2.31. The number of fused-ring (bicyclic) bond motifs is 1. The van der Waals surface area contributed by atoms with E-state index in [0.29, 0.717) is 6.42 Å². The van der Waals surface area contributed by atoms with Gasteiger partial charge in [-0.2, -0.15) is 0 Å². The highest BCUT2D eigenvalue weighted by Crippen LogP contribution is 2.39. The van der Waals surface area contributed by atoms with Gasteiger partial charge in [-0.3, -0.25) is 10.3 Å². The molecule has 0 aromatic heterocycles. The Hall–Kier alpha value is -3.03. The van der Waals surface area contributed by atoms with Crippen molar-refractivity contribution in [3.8, 4) is 23.0 Å². The highest BCUT2D eigenvalue weighted by atomic mass is 79.9. The molecule has 0 aliphatic carbocycles. The van der Waals surface area contributed by atoms with Gasteiger partial charge in [0.25, 0.3) is 0 Å². The number of nitrogens with one attached hydrogen (secondary N) is 1. The summed E-state index contributed by atoms with van der Waals surface area (Å²) in [6.45, 7) is 0.227. The van der Waals surface area contributed by atoms with Crippen molar-refractivity contribution in [2.45, 2.75) is 18.6 Å². The number of aromatic hydroxyl groups is 1. The minimum Gasteiger partial charge on any atom is -0.508 e. The van der Waals surface area contributed by atoms with Gasteiger partial charge in [0.15, 0.2) is 11.5 Å². The van der Waals surface area contributed by atoms with Crippen molar-refractivity contribution >= 4 is 21.6 Å². The second-order valence-electron chi connectivity index (χ2n) is 7.41. The molecule has 2 heterocycles. The molecule has 2 aliphatic rings. The van der Waals surface area contributed by atoms with E-state index in [1.54, 1.807) is 13.2 Å². The first kappa shape index (κ1) is 19.9. The van der Waals surface area contributed by atoms with Crippen LogP contribution in [0.1, 0.15) is 35.3 Å². The van der Waals surface area contributed by atoms with E-state index >= 15 is 0 Å². The lowest BCUT2D eigenvalue weighted by atomic mass is 9.93. The first-order valence-corrected chi connectivity index (χ1v) is 10.8. The Morgan fingerprint density at radius 2 is 1.87 bits per heavy atom. The molecule has 158 valence electrons. The molecule has 7 heteroatoms. The second kappa shape index (κ2) is 8.24. The van der Waals surface area contributed by atoms with E-state index in [0.717, 1.165) is 44.1 Å². The third-order valence-corrected chi connectivity index (χ3v) is 6.04. The van der Waals surface area contributed by atoms with E-state index in [9.17, 15) is 5.11 Å². The average Bonchev–Trinajstić information content (AvgIpc) is 3.27. The molecule has 0 radical (unpaired) electrons. The maximum atomic E-state index is 10.5. The number of phenolic OH excluding ortho intramolecular Hbond substituents is 1. The number of para-hydroxylation sites is 1. The predicted molar refractivity (Wildman–Crippen MR) is 121 cm³/mol. The van der Waals surface area contributed by atoms with Crippen LogP contribution in [0.2, 0.25) is 0 Å². The third-order valence-electron chi connectivity index (χ3n) is 5.55. The van der Waals surface area contributed by atoms with Crippen LogP contribution in [0.5, 0.6) is 23.0 Å². The summed E-state index contributed by atoms with van der Waals surface area (Å²) in [6, 6.07) is 19.0. The van der Waals surface area contributed by atoms with Crippen molar-refractivity contribution in [1.82, 2.24) is 5.32 Å². The van der Waals surface area contributed by atoms with Gasteiger partial charge in [0.2, 0.25) is 6.79 Å². The van der Waals surface area contributed by atoms with Gasteiger partial charge < -0.3 is 19.3 Å². The van der Waals surface area contributed by atoms with E-state index in [1.807, 2.05) is 54.6 Å². The van der Waals surface area contributed by atoms with Crippen molar-refractivity contribution in [2.75, 3.05) is 13.9 Å². The van der Waals surface area contributed by atoms with Crippen LogP contribution in [-0.4, -0.2) is 24.7 Å². The Morgan fingerprint density at radius 1 is 1.03 bits per heavy atom. The van der Waals surface area contributed by atoms with Crippen LogP contribution in [0, 0.1) is 0 Å². The monoisotopic (exact) mass is 480 g/mol. The van der Waals surface area contributed by atoms with Crippen molar-refractivity contribution < 1.29 is 19.3 Å². The molecule has 2 aliphatic heterocycles. The smallest absolute Gasteiger partial charge is 0.231 e. The first-order chi connectivity index (χ1) is 15.1. The maximum Gasteiger partial charge on any atom is 0.231 e. The number of ether oxygens (including phenoxy) is 3. The van der Waals surface area contributed by atoms with Crippen molar-refractivity contribution in [3.63, 3.8) is 0 Å². The van der Waals surface area contributed by atoms with Gasteiger partial charge in [-0.15, -0.1) is 0 Å². The molecule has 0 fully saturated rings. The Balaban J connectivity index is 1.60. The van der Waals surface area contributed by atoms with Gasteiger partial charge in [-0.05, 0) is 48.0 Å². The summed E-state index contributed by atoms with van der Waals surface area (Å²) in [5, 5.41) is 14.1. The molecule has 2 atom stereocenters. The Labute approximate surface area is 188 Å². The third kappa shape index (κ3) is 3.86. The van der Waals surface area contributed by atoms with E-state index < -0.39 is 0 Å². The molecule has 0 bridgehead atoms. The van der Waals surface area contributed by atoms with Crippen LogP contribution in [0.4, 0.5) is 0 Å². The molecule has 0 unspecified atom stereocenters. The summed E-state index contributed by atoms with van der Waals surface area (Å²) in [6.07, 6.45) is 0.260. The zero-order valence-electron chi connectivity index (χ0n) is 16.8. The van der Waals surface area contributed by atoms with Gasteiger partial charge >= 0.3 is 0 Å². The second-order valence-corrected chi connectivity index (χ2v) is 8.33. The Kier molecular flexibility index (Phi) is 5.29. The molecule has 5 rings (SSSR count). The van der Waals surface area contributed by atoms with Crippen LogP contribution in [0.15, 0.2) is 70.1 Å². The fourth-order valence-electron chi connectivity index (χ4n) is 4.02. The Morgan fingerprint density at radius 3 is 2.71 bits per heavy atom. The van der Waals surface area contributed by atoms with Gasteiger partial charge in [-0.1, -0.05) is 34.1 Å². The minimum absolute atomic E-state index is 0.132. The molecule has 0 amide bonds. The molecule has 3 aromatic carbocycles. The predicted octanol–water partition coefficient (Wildman–Crippen LogP) is 5.11. The summed E-state index contributed by atoms with van der Waals surface area (Å²) in [5.74, 6) is 2.45. The number of halogens is 1. The number of hydrogen-bond acceptors (Lipinski definition) is 6. The number of phenols is 1. The minimum atomic E-state index is -0.355. The number of benzene rings is 3. The van der Waals surface area contributed by atoms with E-state index in [2.05, 4.69) is 21.2 Å². The van der Waals surface area contributed by atoms with Crippen LogP contribution >= 0.6 is 15.9 Å². The molecule has 3 aromatic rings. The maximum absolute atomic E-state index is 10.5. The number of aliphatic imine (C=N–C) groups is 1. The molecule has 31 heavy (non-hydrogen) atoms. The standard InChI is InChI=1S/C24H21BrN2O4/c1-29-21-9-7-15(25)11-17(21)24-26-18(14-6-8-22-23(10-14)31-13-30-22)12-19(27-24)16-4-2-3-5-20(16)28/h2-11,19,24,27-28H,12-13H2,1H3/t19-,24+/m1/s1. The lowest BCUT2D eigenvalue weighted by Crippen LogP contribution is -2.33. The van der Waals surface area contributed by atoms with Crippen LogP contribution in [0.25, 0.3) is 0 Å². The fourth-order valence-corrected chi connectivity index (χ4v) is 4.40. The number of nitrogens with zero attached hydrogens (tertiary/aromatic N) is 1. The molecular formula is C24H21BrN2O4. The SMILES string of the molecule is COc1ccc(Br)cc1[C@H]1N=C(c2ccc3c(c2)OCO3)C[C@H](c2ccccc2O)N1. The molecule has 0 saturated heterocycles. The first-order valence-electron chi connectivity index (χ1n) is 9.96. The average molecular weight is 481 g/mol. The number of methoxy groups -OCH3 is 1. The summed E-state index contributed by atoms with van der Waals surface area (Å²) in [5.41, 5.74) is 3.62. The summed E-state index contributed by atoms with van der Waals surface area (Å²) < 4.78 is 17.6. The van der Waals surface area contributed by atoms with Gasteiger partial charge in [0.05, 0.1) is 7.11 Å². The van der Waals surface area contributed by atoms with E-state index in [1.165, 1.54) is 0 Å². The molecule has 6 nitrogen and oxygen atoms in total. The van der Waals surface area contributed by atoms with Crippen molar-refractivity contribution in [2.24, 2.45) is 4.99 Å². The molecular weight excluding hydrogens is 460 g/mol. The number of hydrogen-bond donors (Lipinski definition) is 2. The zero-order chi connectivity index (χ0) is 21.4. The van der Waals surface area contributed by atoms with E-state index in [-0.39, 0.29) is 24.8 Å². The normalized spacial score (nSPS) is 19.7. The fraction of sp³-hybridized carbons (Fsp3) is 0.208. The lowest BCUT2D eigenvalue weighted by molar-refractivity contribution is 0.174. The van der Waals surface area contributed by atoms with Crippen molar-refractivity contribution in [3.05, 3.63) is 81.8 Å².